The Labute approximate surface area is 119 Å². The molecule has 0 saturated heterocycles. The quantitative estimate of drug-likeness (QED) is 0.693. The number of nitrogens with two attached hydrogens (primary N) is 1. The number of halogens is 1. The molecular weight excluding hydrogens is 308 g/mol. The third-order valence-corrected chi connectivity index (χ3v) is 3.58. The molecule has 0 saturated carbocycles. The van der Waals surface area contributed by atoms with Crippen LogP contribution in [0.5, 0.6) is 0 Å². The minimum Gasteiger partial charge on any atom is -0.399 e. The van der Waals surface area contributed by atoms with E-state index >= 15 is 0 Å². The first kappa shape index (κ1) is 13.7. The summed E-state index contributed by atoms with van der Waals surface area (Å²) < 4.78 is 1.98. The van der Waals surface area contributed by atoms with Crippen molar-refractivity contribution in [3.8, 4) is 0 Å². The van der Waals surface area contributed by atoms with Gasteiger partial charge in [0.15, 0.2) is 10.4 Å². The van der Waals surface area contributed by atoms with Gasteiger partial charge in [-0.25, -0.2) is 4.68 Å². The summed E-state index contributed by atoms with van der Waals surface area (Å²) in [6, 6.07) is 7.59. The average Bonchev–Trinajstić information content (AvgIpc) is 2.69. The Bertz CT molecular complexity index is 572. The number of aromatic nitrogens is 3. The van der Waals surface area contributed by atoms with Crippen LogP contribution < -0.4 is 5.73 Å². The van der Waals surface area contributed by atoms with E-state index in [-0.39, 0.29) is 11.7 Å². The summed E-state index contributed by atoms with van der Waals surface area (Å²) >= 11 is 3.24. The number of ketones is 1. The number of hydrogen-bond donors (Lipinski definition) is 1. The van der Waals surface area contributed by atoms with Gasteiger partial charge in [-0.1, -0.05) is 24.3 Å². The third kappa shape index (κ3) is 3.01. The molecule has 1 heterocycles. The monoisotopic (exact) mass is 322 g/mol. The topological polar surface area (TPSA) is 73.8 Å². The van der Waals surface area contributed by atoms with Crippen molar-refractivity contribution >= 4 is 27.4 Å². The van der Waals surface area contributed by atoms with E-state index in [9.17, 15) is 4.79 Å². The lowest BCUT2D eigenvalue weighted by Crippen LogP contribution is -2.10. The summed E-state index contributed by atoms with van der Waals surface area (Å²) in [5.41, 5.74) is 7.97. The normalized spacial score (nSPS) is 12.4. The van der Waals surface area contributed by atoms with Crippen molar-refractivity contribution < 1.29 is 4.79 Å². The number of rotatable bonds is 4. The summed E-state index contributed by atoms with van der Waals surface area (Å²) in [4.78, 5) is 12.2. The van der Waals surface area contributed by atoms with E-state index in [1.165, 1.54) is 4.68 Å². The average molecular weight is 323 g/mol. The van der Waals surface area contributed by atoms with Gasteiger partial charge >= 0.3 is 0 Å². The summed E-state index contributed by atoms with van der Waals surface area (Å²) in [5.74, 6) is 0.138. The highest BCUT2D eigenvalue weighted by molar-refractivity contribution is 9.10. The molecular formula is C13H15BrN4O. The van der Waals surface area contributed by atoms with Crippen LogP contribution in [0, 0.1) is 0 Å². The maximum absolute atomic E-state index is 12.2. The SMILES string of the molecule is CC(CC(=O)c1c(Br)nnn1C)c1ccc(N)cc1. The first-order valence-electron chi connectivity index (χ1n) is 5.93. The van der Waals surface area contributed by atoms with Gasteiger partial charge in [-0.3, -0.25) is 4.79 Å². The fourth-order valence-electron chi connectivity index (χ4n) is 1.94. The molecule has 5 nitrogen and oxygen atoms in total. The van der Waals surface area contributed by atoms with Crippen LogP contribution >= 0.6 is 15.9 Å². The smallest absolute Gasteiger partial charge is 0.184 e. The highest BCUT2D eigenvalue weighted by Gasteiger charge is 2.19. The second kappa shape index (κ2) is 5.52. The standard InChI is InChI=1S/C13H15BrN4O/c1-8(9-3-5-10(15)6-4-9)7-11(19)12-13(14)16-17-18(12)2/h3-6,8H,7,15H2,1-2H3. The van der Waals surface area contributed by atoms with E-state index < -0.39 is 0 Å². The van der Waals surface area contributed by atoms with Crippen LogP contribution in [0.1, 0.15) is 35.3 Å². The van der Waals surface area contributed by atoms with Gasteiger partial charge in [0.25, 0.3) is 0 Å². The highest BCUT2D eigenvalue weighted by atomic mass is 79.9. The summed E-state index contributed by atoms with van der Waals surface area (Å²) in [6.45, 7) is 2.02. The predicted molar refractivity (Wildman–Crippen MR) is 76.9 cm³/mol. The summed E-state index contributed by atoms with van der Waals surface area (Å²) in [7, 11) is 1.71. The Hall–Kier alpha value is -1.69. The van der Waals surface area contributed by atoms with Crippen molar-refractivity contribution in [1.82, 2.24) is 15.0 Å². The Balaban J connectivity index is 2.13. The molecule has 6 heteroatoms. The number of aryl methyl sites for hydroxylation is 1. The van der Waals surface area contributed by atoms with E-state index in [0.717, 1.165) is 11.3 Å². The molecule has 2 rings (SSSR count). The lowest BCUT2D eigenvalue weighted by Gasteiger charge is -2.11. The lowest BCUT2D eigenvalue weighted by molar-refractivity contribution is 0.0965. The van der Waals surface area contributed by atoms with Crippen molar-refractivity contribution in [3.05, 3.63) is 40.1 Å². The van der Waals surface area contributed by atoms with Crippen molar-refractivity contribution in [2.75, 3.05) is 5.73 Å². The summed E-state index contributed by atoms with van der Waals surface area (Å²) in [6.07, 6.45) is 0.406. The Morgan fingerprint density at radius 1 is 1.42 bits per heavy atom. The number of nitrogens with zero attached hydrogens (tertiary/aromatic N) is 3. The van der Waals surface area contributed by atoms with Crippen molar-refractivity contribution in [1.29, 1.82) is 0 Å². The van der Waals surface area contributed by atoms with Crippen molar-refractivity contribution in [3.63, 3.8) is 0 Å². The molecule has 1 atom stereocenters. The van der Waals surface area contributed by atoms with Crippen molar-refractivity contribution in [2.24, 2.45) is 7.05 Å². The number of hydrogen-bond acceptors (Lipinski definition) is 4. The molecule has 1 aromatic heterocycles. The maximum atomic E-state index is 12.2. The molecule has 2 N–H and O–H groups in total. The Kier molecular flexibility index (Phi) is 3.99. The zero-order valence-corrected chi connectivity index (χ0v) is 12.4. The van der Waals surface area contributed by atoms with E-state index in [4.69, 9.17) is 5.73 Å². The molecule has 0 amide bonds. The maximum Gasteiger partial charge on any atom is 0.184 e. The zero-order valence-electron chi connectivity index (χ0n) is 10.8. The molecule has 0 fully saturated rings. The van der Waals surface area contributed by atoms with Gasteiger partial charge in [0.05, 0.1) is 0 Å². The Morgan fingerprint density at radius 3 is 2.58 bits per heavy atom. The number of anilines is 1. The van der Waals surface area contributed by atoms with Crippen LogP contribution in [0.2, 0.25) is 0 Å². The molecule has 2 aromatic rings. The zero-order chi connectivity index (χ0) is 14.0. The highest BCUT2D eigenvalue weighted by Crippen LogP contribution is 2.23. The fourth-order valence-corrected chi connectivity index (χ4v) is 2.49. The van der Waals surface area contributed by atoms with Crippen molar-refractivity contribution in [2.45, 2.75) is 19.3 Å². The van der Waals surface area contributed by atoms with E-state index in [1.54, 1.807) is 7.05 Å². The Morgan fingerprint density at radius 2 is 2.05 bits per heavy atom. The van der Waals surface area contributed by atoms with Crippen LogP contribution in [-0.2, 0) is 7.05 Å². The minimum absolute atomic E-state index is 0.0173. The number of benzene rings is 1. The number of nitrogen functional groups attached to an aromatic ring is 1. The molecule has 100 valence electrons. The second-order valence-corrected chi connectivity index (χ2v) is 5.30. The van der Waals surface area contributed by atoms with E-state index in [1.807, 2.05) is 31.2 Å². The van der Waals surface area contributed by atoms with Gasteiger partial charge in [0, 0.05) is 19.2 Å². The second-order valence-electron chi connectivity index (χ2n) is 4.55. The van der Waals surface area contributed by atoms with Crippen LogP contribution in [0.15, 0.2) is 28.9 Å². The van der Waals surface area contributed by atoms with Crippen LogP contribution in [-0.4, -0.2) is 20.8 Å². The molecule has 0 aliphatic carbocycles. The van der Waals surface area contributed by atoms with Gasteiger partial charge in [0.2, 0.25) is 0 Å². The van der Waals surface area contributed by atoms with Gasteiger partial charge in [-0.05, 0) is 39.5 Å². The van der Waals surface area contributed by atoms with Gasteiger partial charge in [-0.15, -0.1) is 5.10 Å². The fraction of sp³-hybridized carbons (Fsp3) is 0.308. The van der Waals surface area contributed by atoms with E-state index in [2.05, 4.69) is 26.2 Å². The van der Waals surface area contributed by atoms with Gasteiger partial charge in [0.1, 0.15) is 5.69 Å². The molecule has 1 unspecified atom stereocenters. The predicted octanol–water partition coefficient (Wildman–Crippen LogP) is 2.54. The molecule has 0 aliphatic heterocycles. The van der Waals surface area contributed by atoms with Crippen LogP contribution in [0.4, 0.5) is 5.69 Å². The molecule has 19 heavy (non-hydrogen) atoms. The number of carbonyl (C=O) groups is 1. The number of carbonyl (C=O) groups excluding carboxylic acids is 1. The van der Waals surface area contributed by atoms with Gasteiger partial charge in [-0.2, -0.15) is 0 Å². The molecule has 0 spiro atoms. The lowest BCUT2D eigenvalue weighted by atomic mass is 9.95. The third-order valence-electron chi connectivity index (χ3n) is 3.05. The largest absolute Gasteiger partial charge is 0.399 e. The molecule has 1 aromatic carbocycles. The number of Topliss-reactive ketones (excluding diaryl/α,β-unsaturated/α-hetero) is 1. The molecule has 0 bridgehead atoms. The van der Waals surface area contributed by atoms with E-state index in [0.29, 0.717) is 16.7 Å². The first-order chi connectivity index (χ1) is 8.99. The van der Waals surface area contributed by atoms with Crippen LogP contribution in [0.25, 0.3) is 0 Å². The minimum atomic E-state index is 0.0173. The van der Waals surface area contributed by atoms with Gasteiger partial charge < -0.3 is 5.73 Å². The molecule has 0 radical (unpaired) electrons. The summed E-state index contributed by atoms with van der Waals surface area (Å²) in [5, 5.41) is 7.63. The molecule has 0 aliphatic rings. The van der Waals surface area contributed by atoms with Crippen LogP contribution in [0.3, 0.4) is 0 Å². The first-order valence-corrected chi connectivity index (χ1v) is 6.72.